The number of rotatable bonds is 6. The molecule has 31 heavy (non-hydrogen) atoms. The van der Waals surface area contributed by atoms with E-state index in [2.05, 4.69) is 54.5 Å². The molecule has 0 bridgehead atoms. The van der Waals surface area contributed by atoms with E-state index in [1.54, 1.807) is 0 Å². The van der Waals surface area contributed by atoms with Crippen molar-refractivity contribution in [1.29, 1.82) is 0 Å². The third kappa shape index (κ3) is 4.70. The van der Waals surface area contributed by atoms with Crippen LogP contribution in [-0.4, -0.2) is 65.3 Å². The summed E-state index contributed by atoms with van der Waals surface area (Å²) in [7, 11) is 0. The molecule has 2 amide bonds. The van der Waals surface area contributed by atoms with Crippen molar-refractivity contribution < 1.29 is 9.59 Å². The molecule has 166 valence electrons. The van der Waals surface area contributed by atoms with Gasteiger partial charge in [-0.25, -0.2) is 0 Å². The lowest BCUT2D eigenvalue weighted by atomic mass is 9.92. The number of carbonyl (C=O) groups is 2. The number of hydrogen-bond acceptors (Lipinski definition) is 4. The van der Waals surface area contributed by atoms with Gasteiger partial charge in [-0.15, -0.1) is 11.3 Å². The van der Waals surface area contributed by atoms with Gasteiger partial charge in [0.05, 0.1) is 12.1 Å². The normalized spacial score (nSPS) is 20.4. The number of hydrogen-bond donors (Lipinski definition) is 0. The monoisotopic (exact) mass is 439 g/mol. The topological polar surface area (TPSA) is 43.9 Å². The Kier molecular flexibility index (Phi) is 7.08. The molecule has 2 unspecified atom stereocenters. The minimum Gasteiger partial charge on any atom is -0.339 e. The minimum absolute atomic E-state index is 0.118. The largest absolute Gasteiger partial charge is 0.339 e. The van der Waals surface area contributed by atoms with Gasteiger partial charge in [0.2, 0.25) is 11.8 Å². The quantitative estimate of drug-likeness (QED) is 0.685. The van der Waals surface area contributed by atoms with Crippen molar-refractivity contribution in [3.05, 3.63) is 57.8 Å². The van der Waals surface area contributed by atoms with Crippen molar-refractivity contribution >= 4 is 23.2 Å². The Bertz CT molecular complexity index is 889. The molecule has 1 saturated heterocycles. The number of thiophene rings is 1. The maximum atomic E-state index is 13.5. The van der Waals surface area contributed by atoms with Crippen molar-refractivity contribution in [3.8, 4) is 0 Å². The number of piperazine rings is 1. The number of carbonyl (C=O) groups excluding carboxylic acids is 2. The van der Waals surface area contributed by atoms with Crippen LogP contribution in [0.15, 0.2) is 41.8 Å². The Morgan fingerprint density at radius 2 is 1.74 bits per heavy atom. The van der Waals surface area contributed by atoms with Gasteiger partial charge in [-0.3, -0.25) is 14.5 Å². The standard InChI is InChI=1S/C25H33N3O2S/c1-3-4-10-23(29)26-14-16-27(17-15-26)25(30)19(2)28-13-11-22-21(12-18-31-22)24(28)20-8-6-5-7-9-20/h5-9,12,18-19,24H,3-4,10-11,13-17H2,1-2H3. The molecule has 6 heteroatoms. The highest BCUT2D eigenvalue weighted by Crippen LogP contribution is 2.39. The lowest BCUT2D eigenvalue weighted by molar-refractivity contribution is -0.143. The van der Waals surface area contributed by atoms with Crippen LogP contribution in [0.4, 0.5) is 0 Å². The van der Waals surface area contributed by atoms with Crippen molar-refractivity contribution in [3.63, 3.8) is 0 Å². The molecule has 4 rings (SSSR count). The van der Waals surface area contributed by atoms with Crippen molar-refractivity contribution in [2.75, 3.05) is 32.7 Å². The summed E-state index contributed by atoms with van der Waals surface area (Å²) in [6, 6.07) is 12.7. The van der Waals surface area contributed by atoms with Gasteiger partial charge >= 0.3 is 0 Å². The van der Waals surface area contributed by atoms with Gasteiger partial charge in [-0.2, -0.15) is 0 Å². The van der Waals surface area contributed by atoms with Gasteiger partial charge in [0.15, 0.2) is 0 Å². The van der Waals surface area contributed by atoms with Crippen LogP contribution in [0.5, 0.6) is 0 Å². The average Bonchev–Trinajstić information content (AvgIpc) is 3.30. The van der Waals surface area contributed by atoms with Crippen LogP contribution in [0, 0.1) is 0 Å². The average molecular weight is 440 g/mol. The molecule has 0 spiro atoms. The molecule has 5 nitrogen and oxygen atoms in total. The molecule has 2 aliphatic rings. The highest BCUT2D eigenvalue weighted by atomic mass is 32.1. The highest BCUT2D eigenvalue weighted by molar-refractivity contribution is 7.10. The summed E-state index contributed by atoms with van der Waals surface area (Å²) in [5.74, 6) is 0.410. The van der Waals surface area contributed by atoms with Gasteiger partial charge in [0.25, 0.3) is 0 Å². The lowest BCUT2D eigenvalue weighted by Crippen LogP contribution is -2.56. The Labute approximate surface area is 189 Å². The van der Waals surface area contributed by atoms with E-state index in [0.29, 0.717) is 32.6 Å². The van der Waals surface area contributed by atoms with Crippen LogP contribution in [0.1, 0.15) is 55.2 Å². The second kappa shape index (κ2) is 9.96. The van der Waals surface area contributed by atoms with Gasteiger partial charge in [0, 0.05) is 44.0 Å². The fourth-order valence-electron chi connectivity index (χ4n) is 4.83. The summed E-state index contributed by atoms with van der Waals surface area (Å²) in [5.41, 5.74) is 2.58. The first-order valence-corrected chi connectivity index (χ1v) is 12.4. The van der Waals surface area contributed by atoms with Crippen LogP contribution in [0.2, 0.25) is 0 Å². The van der Waals surface area contributed by atoms with E-state index >= 15 is 0 Å². The van der Waals surface area contributed by atoms with Crippen LogP contribution in [0.25, 0.3) is 0 Å². The Balaban J connectivity index is 1.45. The maximum absolute atomic E-state index is 13.5. The predicted molar refractivity (Wildman–Crippen MR) is 125 cm³/mol. The summed E-state index contributed by atoms with van der Waals surface area (Å²) < 4.78 is 0. The molecule has 0 aliphatic carbocycles. The van der Waals surface area contributed by atoms with E-state index in [0.717, 1.165) is 25.8 Å². The number of benzene rings is 1. The van der Waals surface area contributed by atoms with E-state index in [1.165, 1.54) is 16.0 Å². The highest BCUT2D eigenvalue weighted by Gasteiger charge is 2.37. The molecule has 2 aromatic rings. The Morgan fingerprint density at radius 3 is 2.45 bits per heavy atom. The molecule has 0 N–H and O–H groups in total. The Hall–Kier alpha value is -2.18. The van der Waals surface area contributed by atoms with Crippen LogP contribution >= 0.6 is 11.3 Å². The van der Waals surface area contributed by atoms with Crippen molar-refractivity contribution in [2.24, 2.45) is 0 Å². The van der Waals surface area contributed by atoms with E-state index in [4.69, 9.17) is 0 Å². The molecule has 1 fully saturated rings. The van der Waals surface area contributed by atoms with Gasteiger partial charge in [-0.1, -0.05) is 43.7 Å². The summed E-state index contributed by atoms with van der Waals surface area (Å²) in [4.78, 5) is 33.5. The first-order chi connectivity index (χ1) is 15.1. The van der Waals surface area contributed by atoms with Crippen LogP contribution in [-0.2, 0) is 16.0 Å². The van der Waals surface area contributed by atoms with Gasteiger partial charge in [-0.05, 0) is 42.3 Å². The van der Waals surface area contributed by atoms with E-state index in [1.807, 2.05) is 27.2 Å². The molecular weight excluding hydrogens is 406 g/mol. The minimum atomic E-state index is -0.194. The predicted octanol–water partition coefficient (Wildman–Crippen LogP) is 3.95. The number of nitrogens with zero attached hydrogens (tertiary/aromatic N) is 3. The maximum Gasteiger partial charge on any atom is 0.239 e. The molecule has 3 heterocycles. The second-order valence-electron chi connectivity index (χ2n) is 8.59. The summed E-state index contributed by atoms with van der Waals surface area (Å²) >= 11 is 1.82. The smallest absolute Gasteiger partial charge is 0.239 e. The van der Waals surface area contributed by atoms with E-state index in [-0.39, 0.29) is 23.9 Å². The fraction of sp³-hybridized carbons (Fsp3) is 0.520. The van der Waals surface area contributed by atoms with Gasteiger partial charge < -0.3 is 9.80 Å². The number of amides is 2. The molecule has 2 aliphatic heterocycles. The number of fused-ring (bicyclic) bond motifs is 1. The SMILES string of the molecule is CCCCC(=O)N1CCN(C(=O)C(C)N2CCc3sccc3C2c2ccccc2)CC1. The molecule has 1 aromatic heterocycles. The van der Waals surface area contributed by atoms with Crippen molar-refractivity contribution in [2.45, 2.75) is 51.6 Å². The van der Waals surface area contributed by atoms with Gasteiger partial charge in [0.1, 0.15) is 0 Å². The first kappa shape index (κ1) is 22.0. The zero-order valence-electron chi connectivity index (χ0n) is 18.6. The third-order valence-corrected chi connectivity index (χ3v) is 7.66. The van der Waals surface area contributed by atoms with E-state index < -0.39 is 0 Å². The Morgan fingerprint density at radius 1 is 1.03 bits per heavy atom. The zero-order valence-corrected chi connectivity index (χ0v) is 19.4. The summed E-state index contributed by atoms with van der Waals surface area (Å²) in [5, 5.41) is 2.17. The second-order valence-corrected chi connectivity index (χ2v) is 9.59. The first-order valence-electron chi connectivity index (χ1n) is 11.5. The van der Waals surface area contributed by atoms with Crippen molar-refractivity contribution in [1.82, 2.24) is 14.7 Å². The molecule has 2 atom stereocenters. The molecular formula is C25H33N3O2S. The fourth-order valence-corrected chi connectivity index (χ4v) is 5.73. The lowest BCUT2D eigenvalue weighted by Gasteiger charge is -2.42. The summed E-state index contributed by atoms with van der Waals surface area (Å²) in [6.07, 6.45) is 3.59. The zero-order chi connectivity index (χ0) is 21.8. The van der Waals surface area contributed by atoms with Crippen LogP contribution < -0.4 is 0 Å². The van der Waals surface area contributed by atoms with Crippen LogP contribution in [0.3, 0.4) is 0 Å². The number of unbranched alkanes of at least 4 members (excludes halogenated alkanes) is 1. The summed E-state index contributed by atoms with van der Waals surface area (Å²) in [6.45, 7) is 7.61. The third-order valence-electron chi connectivity index (χ3n) is 6.66. The molecule has 0 radical (unpaired) electrons. The molecule has 1 aromatic carbocycles. The molecule has 0 saturated carbocycles. The van der Waals surface area contributed by atoms with E-state index in [9.17, 15) is 9.59 Å².